The monoisotopic (exact) mass is 277 g/mol. The van der Waals surface area contributed by atoms with Crippen LogP contribution in [0.25, 0.3) is 0 Å². The molecule has 2 rings (SSSR count). The Kier molecular flexibility index (Phi) is 4.86. The lowest BCUT2D eigenvalue weighted by molar-refractivity contribution is 0.635. The van der Waals surface area contributed by atoms with Crippen LogP contribution in [0.2, 0.25) is 0 Å². The van der Waals surface area contributed by atoms with Gasteiger partial charge in [-0.3, -0.25) is 5.41 Å². The molecule has 0 saturated carbocycles. The van der Waals surface area contributed by atoms with Gasteiger partial charge >= 0.3 is 0 Å². The number of fused-ring (bicyclic) bond motifs is 1. The summed E-state index contributed by atoms with van der Waals surface area (Å²) < 4.78 is 0. The second-order valence-corrected chi connectivity index (χ2v) is 6.40. The minimum atomic E-state index is 0.146. The first-order chi connectivity index (χ1) is 9.11. The number of pyridine rings is 1. The molecule has 19 heavy (non-hydrogen) atoms. The van der Waals surface area contributed by atoms with Crippen LogP contribution in [-0.2, 0) is 12.8 Å². The van der Waals surface area contributed by atoms with E-state index in [0.29, 0.717) is 5.92 Å². The Labute approximate surface area is 119 Å². The van der Waals surface area contributed by atoms with Crippen molar-refractivity contribution in [2.45, 2.75) is 51.0 Å². The van der Waals surface area contributed by atoms with Crippen molar-refractivity contribution in [3.8, 4) is 0 Å². The number of nitrogens with zero attached hydrogens (tertiary/aromatic N) is 1. The number of hydrogen-bond acceptors (Lipinski definition) is 3. The van der Waals surface area contributed by atoms with Crippen molar-refractivity contribution in [2.75, 3.05) is 5.75 Å². The second kappa shape index (κ2) is 6.42. The number of nitrogen functional groups attached to an aromatic ring is 1. The van der Waals surface area contributed by atoms with Crippen molar-refractivity contribution in [3.05, 3.63) is 22.9 Å². The number of aryl methyl sites for hydroxylation is 2. The second-order valence-electron chi connectivity index (χ2n) is 5.39. The zero-order chi connectivity index (χ0) is 13.8. The molecule has 1 heterocycles. The quantitative estimate of drug-likeness (QED) is 0.492. The third kappa shape index (κ3) is 3.50. The fourth-order valence-corrected chi connectivity index (χ4v) is 3.43. The van der Waals surface area contributed by atoms with E-state index in [1.54, 1.807) is 11.8 Å². The molecular weight excluding hydrogens is 254 g/mol. The van der Waals surface area contributed by atoms with Gasteiger partial charge in [0.1, 0.15) is 10.9 Å². The van der Waals surface area contributed by atoms with Gasteiger partial charge < -0.3 is 5.73 Å². The van der Waals surface area contributed by atoms with E-state index < -0.39 is 0 Å². The Hall–Kier alpha value is -1.03. The zero-order valence-electron chi connectivity index (χ0n) is 11.8. The molecule has 1 aliphatic rings. The molecule has 0 fully saturated rings. The van der Waals surface area contributed by atoms with Gasteiger partial charge in [-0.1, -0.05) is 20.3 Å². The van der Waals surface area contributed by atoms with Crippen LogP contribution in [0.4, 0.5) is 0 Å². The summed E-state index contributed by atoms with van der Waals surface area (Å²) in [5.74, 6) is 1.86. The Morgan fingerprint density at radius 2 is 2.21 bits per heavy atom. The van der Waals surface area contributed by atoms with E-state index in [4.69, 9.17) is 16.1 Å². The maximum atomic E-state index is 7.75. The lowest BCUT2D eigenvalue weighted by Gasteiger charge is -2.18. The number of hydrogen-bond donors (Lipinski definition) is 2. The molecule has 1 unspecified atom stereocenters. The van der Waals surface area contributed by atoms with E-state index in [-0.39, 0.29) is 5.84 Å². The number of aromatic nitrogens is 1. The Balaban J connectivity index is 2.26. The highest BCUT2D eigenvalue weighted by Crippen LogP contribution is 2.28. The van der Waals surface area contributed by atoms with Crippen molar-refractivity contribution in [3.63, 3.8) is 0 Å². The largest absolute Gasteiger partial charge is 0.384 e. The lowest BCUT2D eigenvalue weighted by Crippen LogP contribution is -2.17. The molecule has 0 saturated heterocycles. The standard InChI is InChI=1S/C15H23N3S/c1-3-10(2)9-19-15-12(14(16)17)8-11-6-4-5-7-13(11)18-15/h8,10H,3-7,9H2,1-2H3,(H3,16,17). The van der Waals surface area contributed by atoms with Crippen LogP contribution >= 0.6 is 11.8 Å². The highest BCUT2D eigenvalue weighted by molar-refractivity contribution is 7.99. The maximum absolute atomic E-state index is 7.75. The van der Waals surface area contributed by atoms with Gasteiger partial charge in [-0.05, 0) is 43.2 Å². The van der Waals surface area contributed by atoms with Crippen molar-refractivity contribution in [2.24, 2.45) is 11.7 Å². The highest BCUT2D eigenvalue weighted by Gasteiger charge is 2.17. The topological polar surface area (TPSA) is 62.8 Å². The summed E-state index contributed by atoms with van der Waals surface area (Å²) in [6.07, 6.45) is 5.79. The highest BCUT2D eigenvalue weighted by atomic mass is 32.2. The lowest BCUT2D eigenvalue weighted by atomic mass is 9.95. The van der Waals surface area contributed by atoms with Gasteiger partial charge in [0.2, 0.25) is 0 Å². The molecule has 0 bridgehead atoms. The van der Waals surface area contributed by atoms with Crippen LogP contribution in [0.3, 0.4) is 0 Å². The zero-order valence-corrected chi connectivity index (χ0v) is 12.6. The van der Waals surface area contributed by atoms with Crippen molar-refractivity contribution in [1.29, 1.82) is 5.41 Å². The summed E-state index contributed by atoms with van der Waals surface area (Å²) in [7, 11) is 0. The van der Waals surface area contributed by atoms with Gasteiger partial charge in [0.25, 0.3) is 0 Å². The molecule has 0 aromatic carbocycles. The van der Waals surface area contributed by atoms with Gasteiger partial charge in [0.05, 0.1) is 0 Å². The van der Waals surface area contributed by atoms with E-state index in [9.17, 15) is 0 Å². The van der Waals surface area contributed by atoms with Gasteiger partial charge in [0, 0.05) is 17.0 Å². The Morgan fingerprint density at radius 3 is 2.89 bits per heavy atom. The number of thioether (sulfide) groups is 1. The first-order valence-corrected chi connectivity index (χ1v) is 8.10. The van der Waals surface area contributed by atoms with Crippen molar-refractivity contribution in [1.82, 2.24) is 4.98 Å². The minimum Gasteiger partial charge on any atom is -0.384 e. The van der Waals surface area contributed by atoms with Crippen LogP contribution < -0.4 is 5.73 Å². The minimum absolute atomic E-state index is 0.146. The molecule has 0 amide bonds. The predicted molar refractivity (Wildman–Crippen MR) is 82.1 cm³/mol. The summed E-state index contributed by atoms with van der Waals surface area (Å²) in [5, 5.41) is 8.70. The molecule has 1 aromatic rings. The van der Waals surface area contributed by atoms with E-state index >= 15 is 0 Å². The van der Waals surface area contributed by atoms with Gasteiger partial charge in [-0.25, -0.2) is 4.98 Å². The number of amidine groups is 1. The molecule has 1 atom stereocenters. The molecule has 104 valence electrons. The van der Waals surface area contributed by atoms with Crippen molar-refractivity contribution >= 4 is 17.6 Å². The molecule has 0 spiro atoms. The number of nitrogens with one attached hydrogen (secondary N) is 1. The van der Waals surface area contributed by atoms with Crippen LogP contribution in [0, 0.1) is 11.3 Å². The van der Waals surface area contributed by atoms with E-state index in [1.165, 1.54) is 30.5 Å². The fourth-order valence-electron chi connectivity index (χ4n) is 2.26. The van der Waals surface area contributed by atoms with Gasteiger partial charge in [-0.15, -0.1) is 11.8 Å². The summed E-state index contributed by atoms with van der Waals surface area (Å²) in [5.41, 5.74) is 9.06. The Morgan fingerprint density at radius 1 is 1.47 bits per heavy atom. The Bertz CT molecular complexity index is 471. The van der Waals surface area contributed by atoms with Gasteiger partial charge in [0.15, 0.2) is 0 Å². The summed E-state index contributed by atoms with van der Waals surface area (Å²) in [4.78, 5) is 4.78. The molecule has 3 N–H and O–H groups in total. The summed E-state index contributed by atoms with van der Waals surface area (Å²) in [6, 6.07) is 2.10. The maximum Gasteiger partial charge on any atom is 0.125 e. The molecule has 0 radical (unpaired) electrons. The average Bonchev–Trinajstić information content (AvgIpc) is 2.43. The third-order valence-corrected chi connectivity index (χ3v) is 5.08. The number of rotatable bonds is 5. The first-order valence-electron chi connectivity index (χ1n) is 7.11. The average molecular weight is 277 g/mol. The number of nitrogens with two attached hydrogens (primary N) is 1. The SMILES string of the molecule is CCC(C)CSc1nc2c(cc1C(=N)N)CCCC2. The summed E-state index contributed by atoms with van der Waals surface area (Å²) in [6.45, 7) is 4.45. The molecule has 4 heteroatoms. The normalized spacial score (nSPS) is 15.9. The smallest absolute Gasteiger partial charge is 0.125 e. The predicted octanol–water partition coefficient (Wildman–Crippen LogP) is 3.38. The van der Waals surface area contributed by atoms with Crippen LogP contribution in [-0.4, -0.2) is 16.6 Å². The molecule has 1 aromatic heterocycles. The molecule has 3 nitrogen and oxygen atoms in total. The molecule has 0 aliphatic heterocycles. The fraction of sp³-hybridized carbons (Fsp3) is 0.600. The first kappa shape index (κ1) is 14.4. The third-order valence-electron chi connectivity index (χ3n) is 3.76. The summed E-state index contributed by atoms with van der Waals surface area (Å²) >= 11 is 1.75. The van der Waals surface area contributed by atoms with Crippen LogP contribution in [0.5, 0.6) is 0 Å². The van der Waals surface area contributed by atoms with E-state index in [0.717, 1.165) is 29.2 Å². The van der Waals surface area contributed by atoms with E-state index in [1.807, 2.05) is 0 Å². The molecular formula is C15H23N3S. The van der Waals surface area contributed by atoms with Crippen molar-refractivity contribution < 1.29 is 0 Å². The molecule has 1 aliphatic carbocycles. The van der Waals surface area contributed by atoms with Crippen LogP contribution in [0.15, 0.2) is 11.1 Å². The van der Waals surface area contributed by atoms with E-state index in [2.05, 4.69) is 19.9 Å². The van der Waals surface area contributed by atoms with Gasteiger partial charge in [-0.2, -0.15) is 0 Å². The van der Waals surface area contributed by atoms with Crippen LogP contribution in [0.1, 0.15) is 49.9 Å².